The molecule has 8 heteroatoms. The Morgan fingerprint density at radius 3 is 2.77 bits per heavy atom. The number of hydrogen-bond acceptors (Lipinski definition) is 5. The minimum Gasteiger partial charge on any atom is -0.495 e. The number of carbonyl (C=O) groups excluding carboxylic acids is 2. The maximum atomic E-state index is 12.7. The fraction of sp³-hybridized carbons (Fsp3) is 0.348. The number of methoxy groups -OCH3 is 1. The van der Waals surface area contributed by atoms with Gasteiger partial charge >= 0.3 is 0 Å². The SMILES string of the molecule is COc1cccc2c(C)cc(=O)n(CCC(=O)Nc3sc4c(c3C(N)=O)CCCC4)c12. The van der Waals surface area contributed by atoms with Gasteiger partial charge in [-0.2, -0.15) is 0 Å². The summed E-state index contributed by atoms with van der Waals surface area (Å²) in [6, 6.07) is 7.17. The molecule has 31 heavy (non-hydrogen) atoms. The first-order valence-electron chi connectivity index (χ1n) is 10.3. The molecule has 1 aromatic carbocycles. The Hall–Kier alpha value is -3.13. The molecule has 0 saturated heterocycles. The maximum Gasteiger partial charge on any atom is 0.251 e. The van der Waals surface area contributed by atoms with Gasteiger partial charge in [-0.25, -0.2) is 0 Å². The Labute approximate surface area is 183 Å². The van der Waals surface area contributed by atoms with Gasteiger partial charge in [-0.1, -0.05) is 12.1 Å². The first-order valence-corrected chi connectivity index (χ1v) is 11.1. The summed E-state index contributed by atoms with van der Waals surface area (Å²) >= 11 is 1.43. The summed E-state index contributed by atoms with van der Waals surface area (Å²) in [6.07, 6.45) is 3.88. The van der Waals surface area contributed by atoms with E-state index in [1.807, 2.05) is 19.1 Å². The molecule has 0 saturated carbocycles. The zero-order chi connectivity index (χ0) is 22.1. The van der Waals surface area contributed by atoms with E-state index in [-0.39, 0.29) is 24.4 Å². The normalized spacial score (nSPS) is 13.1. The summed E-state index contributed by atoms with van der Waals surface area (Å²) in [5, 5.41) is 4.28. The quantitative estimate of drug-likeness (QED) is 0.614. The molecule has 2 heterocycles. The molecule has 0 radical (unpaired) electrons. The molecule has 0 unspecified atom stereocenters. The number of fused-ring (bicyclic) bond motifs is 2. The van der Waals surface area contributed by atoms with E-state index in [4.69, 9.17) is 10.5 Å². The number of carbonyl (C=O) groups is 2. The van der Waals surface area contributed by atoms with Crippen LogP contribution in [0.2, 0.25) is 0 Å². The molecule has 1 aliphatic carbocycles. The number of rotatable bonds is 6. The van der Waals surface area contributed by atoms with E-state index >= 15 is 0 Å². The summed E-state index contributed by atoms with van der Waals surface area (Å²) in [5.74, 6) is -0.197. The zero-order valence-electron chi connectivity index (χ0n) is 17.6. The van der Waals surface area contributed by atoms with E-state index < -0.39 is 5.91 Å². The molecule has 4 rings (SSSR count). The number of benzene rings is 1. The average Bonchev–Trinajstić information content (AvgIpc) is 3.11. The second-order valence-corrected chi connectivity index (χ2v) is 8.86. The number of anilines is 1. The summed E-state index contributed by atoms with van der Waals surface area (Å²) in [6.45, 7) is 2.07. The van der Waals surface area contributed by atoms with Crippen molar-refractivity contribution in [1.29, 1.82) is 0 Å². The van der Waals surface area contributed by atoms with Crippen LogP contribution in [0.4, 0.5) is 5.00 Å². The second-order valence-electron chi connectivity index (χ2n) is 7.75. The number of pyridine rings is 1. The molecule has 0 spiro atoms. The van der Waals surface area contributed by atoms with Gasteiger partial charge in [0.1, 0.15) is 10.8 Å². The lowest BCUT2D eigenvalue weighted by Crippen LogP contribution is -2.24. The van der Waals surface area contributed by atoms with Crippen LogP contribution in [0.25, 0.3) is 10.9 Å². The summed E-state index contributed by atoms with van der Waals surface area (Å²) < 4.78 is 7.02. The third-order valence-electron chi connectivity index (χ3n) is 5.75. The molecule has 2 aromatic heterocycles. The molecular weight excluding hydrogens is 414 g/mol. The van der Waals surface area contributed by atoms with Crippen LogP contribution in [0.15, 0.2) is 29.1 Å². The van der Waals surface area contributed by atoms with Crippen molar-refractivity contribution < 1.29 is 14.3 Å². The van der Waals surface area contributed by atoms with E-state index in [1.54, 1.807) is 23.8 Å². The van der Waals surface area contributed by atoms with Crippen molar-refractivity contribution in [3.8, 4) is 5.75 Å². The van der Waals surface area contributed by atoms with E-state index in [0.29, 0.717) is 21.8 Å². The Kier molecular flexibility index (Phi) is 5.82. The molecule has 162 valence electrons. The van der Waals surface area contributed by atoms with Gasteiger partial charge in [-0.05, 0) is 49.8 Å². The number of amides is 2. The number of para-hydroxylation sites is 1. The number of primary amides is 1. The fourth-order valence-corrected chi connectivity index (χ4v) is 5.58. The van der Waals surface area contributed by atoms with Crippen LogP contribution in [0.3, 0.4) is 0 Å². The highest BCUT2D eigenvalue weighted by Crippen LogP contribution is 2.38. The van der Waals surface area contributed by atoms with Gasteiger partial charge in [0.05, 0.1) is 18.2 Å². The number of aromatic nitrogens is 1. The van der Waals surface area contributed by atoms with Crippen molar-refractivity contribution in [3.05, 3.63) is 56.2 Å². The predicted octanol–water partition coefficient (Wildman–Crippen LogP) is 3.39. The monoisotopic (exact) mass is 439 g/mol. The van der Waals surface area contributed by atoms with Crippen LogP contribution in [-0.4, -0.2) is 23.5 Å². The van der Waals surface area contributed by atoms with Gasteiger partial charge in [0.2, 0.25) is 5.91 Å². The van der Waals surface area contributed by atoms with Crippen molar-refractivity contribution >= 4 is 39.1 Å². The molecule has 3 N–H and O–H groups in total. The first kappa shape index (κ1) is 21.1. The largest absolute Gasteiger partial charge is 0.495 e. The summed E-state index contributed by atoms with van der Waals surface area (Å²) in [4.78, 5) is 38.6. The number of thiophene rings is 1. The molecule has 0 bridgehead atoms. The van der Waals surface area contributed by atoms with E-state index in [9.17, 15) is 14.4 Å². The van der Waals surface area contributed by atoms with E-state index in [1.165, 1.54) is 11.3 Å². The predicted molar refractivity (Wildman–Crippen MR) is 122 cm³/mol. The molecule has 3 aromatic rings. The number of aryl methyl sites for hydroxylation is 3. The molecule has 7 nitrogen and oxygen atoms in total. The van der Waals surface area contributed by atoms with Gasteiger partial charge < -0.3 is 20.4 Å². The lowest BCUT2D eigenvalue weighted by molar-refractivity contribution is -0.116. The standard InChI is InChI=1S/C23H25N3O4S/c1-13-12-19(28)26(21-14(13)7-5-8-16(21)30-2)11-10-18(27)25-23-20(22(24)29)15-6-3-4-9-17(15)31-23/h5,7-8,12H,3-4,6,9-11H2,1-2H3,(H2,24,29)(H,25,27). The lowest BCUT2D eigenvalue weighted by Gasteiger charge is -2.15. The molecule has 0 fully saturated rings. The molecule has 0 atom stereocenters. The minimum absolute atomic E-state index is 0.0802. The third kappa shape index (κ3) is 3.95. The van der Waals surface area contributed by atoms with Crippen molar-refractivity contribution in [1.82, 2.24) is 4.57 Å². The molecule has 1 aliphatic rings. The van der Waals surface area contributed by atoms with Gasteiger partial charge in [-0.3, -0.25) is 14.4 Å². The zero-order valence-corrected chi connectivity index (χ0v) is 18.4. The van der Waals surface area contributed by atoms with Gasteiger partial charge in [0.15, 0.2) is 0 Å². The van der Waals surface area contributed by atoms with Crippen LogP contribution >= 0.6 is 11.3 Å². The Morgan fingerprint density at radius 1 is 1.26 bits per heavy atom. The number of nitrogens with two attached hydrogens (primary N) is 1. The number of ether oxygens (including phenoxy) is 1. The number of hydrogen-bond donors (Lipinski definition) is 2. The van der Waals surface area contributed by atoms with Crippen LogP contribution in [0.5, 0.6) is 5.75 Å². The van der Waals surface area contributed by atoms with Crippen LogP contribution in [-0.2, 0) is 24.2 Å². The maximum absolute atomic E-state index is 12.7. The van der Waals surface area contributed by atoms with Gasteiger partial charge in [0, 0.05) is 29.3 Å². The van der Waals surface area contributed by atoms with Crippen molar-refractivity contribution in [2.45, 2.75) is 45.6 Å². The Morgan fingerprint density at radius 2 is 2.03 bits per heavy atom. The van der Waals surface area contributed by atoms with Crippen molar-refractivity contribution in [3.63, 3.8) is 0 Å². The minimum atomic E-state index is -0.514. The second kappa shape index (κ2) is 8.55. The Bertz CT molecular complexity index is 1240. The third-order valence-corrected chi connectivity index (χ3v) is 6.96. The fourth-order valence-electron chi connectivity index (χ4n) is 4.27. The van der Waals surface area contributed by atoms with Crippen LogP contribution in [0.1, 0.15) is 45.6 Å². The lowest BCUT2D eigenvalue weighted by atomic mass is 9.95. The van der Waals surface area contributed by atoms with Crippen molar-refractivity contribution in [2.75, 3.05) is 12.4 Å². The number of nitrogens with zero attached hydrogens (tertiary/aromatic N) is 1. The topological polar surface area (TPSA) is 103 Å². The number of nitrogens with one attached hydrogen (secondary N) is 1. The van der Waals surface area contributed by atoms with E-state index in [0.717, 1.165) is 47.1 Å². The highest BCUT2D eigenvalue weighted by Gasteiger charge is 2.25. The van der Waals surface area contributed by atoms with Gasteiger partial charge in [-0.15, -0.1) is 11.3 Å². The van der Waals surface area contributed by atoms with Gasteiger partial charge in [0.25, 0.3) is 11.5 Å². The van der Waals surface area contributed by atoms with Crippen molar-refractivity contribution in [2.24, 2.45) is 5.73 Å². The average molecular weight is 440 g/mol. The molecule has 2 amide bonds. The highest BCUT2D eigenvalue weighted by molar-refractivity contribution is 7.17. The highest BCUT2D eigenvalue weighted by atomic mass is 32.1. The van der Waals surface area contributed by atoms with Crippen LogP contribution < -0.4 is 21.3 Å². The van der Waals surface area contributed by atoms with E-state index in [2.05, 4.69) is 5.32 Å². The summed E-state index contributed by atoms with van der Waals surface area (Å²) in [5.41, 5.74) is 8.36. The smallest absolute Gasteiger partial charge is 0.251 e. The Balaban J connectivity index is 1.60. The first-order chi connectivity index (χ1) is 14.9. The molecular formula is C23H25N3O4S. The molecule has 0 aliphatic heterocycles. The summed E-state index contributed by atoms with van der Waals surface area (Å²) in [7, 11) is 1.56. The van der Waals surface area contributed by atoms with Crippen LogP contribution in [0, 0.1) is 6.92 Å².